The van der Waals surface area contributed by atoms with Gasteiger partial charge in [0.2, 0.25) is 20.4 Å². The summed E-state index contributed by atoms with van der Waals surface area (Å²) in [6.45, 7) is 8.89. The molecule has 1 aliphatic heterocycles. The number of fused-ring (bicyclic) bond motifs is 1. The van der Waals surface area contributed by atoms with Gasteiger partial charge in [0.1, 0.15) is 24.0 Å². The van der Waals surface area contributed by atoms with Gasteiger partial charge in [-0.2, -0.15) is 4.31 Å². The second kappa shape index (κ2) is 18.7. The monoisotopic (exact) mass is 877 g/mol. The summed E-state index contributed by atoms with van der Waals surface area (Å²) in [5.41, 5.74) is -4.21. The lowest BCUT2D eigenvalue weighted by molar-refractivity contribution is -0.163. The average Bonchev–Trinajstić information content (AvgIpc) is 3.67. The number of para-hydroxylation sites is 1. The van der Waals surface area contributed by atoms with Gasteiger partial charge in [0.15, 0.2) is 11.8 Å². The minimum absolute atomic E-state index is 0.255. The fourth-order valence-corrected chi connectivity index (χ4v) is 7.47. The molecule has 5 atom stereocenters. The minimum atomic E-state index is -5.38. The summed E-state index contributed by atoms with van der Waals surface area (Å²) in [7, 11) is -10.7. The standard InChI is InChI=1S/C35H49N3O19P2/c1-33(2,3)29(42)48-18-52-58(46,57-59(47,53-19-49-30(43)34(4,5)6)54-20-50-31(44)35(7,8)9)51-17-24-26(40)27(41)28(55-24)37-15-14-25(39)38(32(37)45)16-22-21-12-10-11-13-23(21)56-36-22/h10-15,24,26-28,40-41H,16-20H2,1-9H3/t24-,26+,27?,28-,58?/m1/s1. The maximum Gasteiger partial charge on any atom is 0.489 e. The van der Waals surface area contributed by atoms with E-state index in [0.717, 1.165) is 21.4 Å². The molecule has 0 aliphatic carbocycles. The zero-order valence-corrected chi connectivity index (χ0v) is 35.7. The Morgan fingerprint density at radius 2 is 1.24 bits per heavy atom. The number of phosphoric ester groups is 2. The number of carbonyl (C=O) groups excluding carboxylic acids is 3. The largest absolute Gasteiger partial charge is 0.489 e. The van der Waals surface area contributed by atoms with E-state index in [9.17, 15) is 43.3 Å². The Morgan fingerprint density at radius 1 is 0.746 bits per heavy atom. The number of aromatic nitrogens is 3. The second-order valence-corrected chi connectivity index (χ2v) is 19.6. The molecule has 3 aromatic rings. The summed E-state index contributed by atoms with van der Waals surface area (Å²) in [4.78, 5) is 63.5. The number of ether oxygens (including phenoxy) is 4. The summed E-state index contributed by atoms with van der Waals surface area (Å²) in [6.07, 6.45) is -6.00. The van der Waals surface area contributed by atoms with Gasteiger partial charge < -0.3 is 33.7 Å². The summed E-state index contributed by atoms with van der Waals surface area (Å²) in [6, 6.07) is 7.76. The first-order valence-corrected chi connectivity index (χ1v) is 20.8. The number of esters is 3. The third-order valence-corrected chi connectivity index (χ3v) is 11.4. The molecule has 2 aromatic heterocycles. The van der Waals surface area contributed by atoms with Crippen molar-refractivity contribution in [3.63, 3.8) is 0 Å². The molecule has 2 unspecified atom stereocenters. The van der Waals surface area contributed by atoms with Gasteiger partial charge in [-0.3, -0.25) is 32.8 Å². The molecule has 2 N–H and O–H groups in total. The number of hydrogen-bond donors (Lipinski definition) is 2. The third kappa shape index (κ3) is 12.5. The number of benzene rings is 1. The van der Waals surface area contributed by atoms with Crippen LogP contribution < -0.4 is 11.2 Å². The van der Waals surface area contributed by atoms with Crippen LogP contribution in [0.3, 0.4) is 0 Å². The van der Waals surface area contributed by atoms with Crippen molar-refractivity contribution < 1.29 is 79.6 Å². The Hall–Kier alpha value is -4.08. The molecule has 1 saturated heterocycles. The van der Waals surface area contributed by atoms with E-state index in [4.69, 9.17) is 45.9 Å². The molecule has 3 heterocycles. The van der Waals surface area contributed by atoms with Crippen LogP contribution in [0.25, 0.3) is 11.0 Å². The molecule has 1 aromatic carbocycles. The highest BCUT2D eigenvalue weighted by Gasteiger charge is 2.48. The summed E-state index contributed by atoms with van der Waals surface area (Å²) >= 11 is 0. The second-order valence-electron chi connectivity index (χ2n) is 16.2. The van der Waals surface area contributed by atoms with Gasteiger partial charge in [0.05, 0.1) is 29.4 Å². The van der Waals surface area contributed by atoms with E-state index >= 15 is 0 Å². The smallest absolute Gasteiger partial charge is 0.437 e. The van der Waals surface area contributed by atoms with E-state index in [1.54, 1.807) is 24.3 Å². The molecule has 0 radical (unpaired) electrons. The zero-order valence-electron chi connectivity index (χ0n) is 33.9. The van der Waals surface area contributed by atoms with Crippen LogP contribution in [-0.2, 0) is 71.4 Å². The Bertz CT molecular complexity index is 2160. The van der Waals surface area contributed by atoms with E-state index < -0.39 is 113 Å². The number of carbonyl (C=O) groups is 3. The third-order valence-electron chi connectivity index (χ3n) is 8.10. The predicted octanol–water partition coefficient (Wildman–Crippen LogP) is 3.76. The molecule has 0 saturated carbocycles. The van der Waals surface area contributed by atoms with Gasteiger partial charge in [-0.05, 0) is 74.4 Å². The lowest BCUT2D eigenvalue weighted by Gasteiger charge is -2.25. The lowest BCUT2D eigenvalue weighted by Crippen LogP contribution is -2.43. The molecule has 1 aliphatic rings. The Morgan fingerprint density at radius 3 is 1.75 bits per heavy atom. The molecular formula is C35H49N3O19P2. The molecule has 0 bridgehead atoms. The van der Waals surface area contributed by atoms with Crippen molar-refractivity contribution in [1.82, 2.24) is 14.3 Å². The molecule has 1 fully saturated rings. The Kier molecular flexibility index (Phi) is 15.1. The number of nitrogens with zero attached hydrogens (tertiary/aromatic N) is 3. The number of rotatable bonds is 17. The fraction of sp³-hybridized carbons (Fsp3) is 0.600. The fourth-order valence-electron chi connectivity index (χ4n) is 4.71. The maximum atomic E-state index is 14.1. The molecule has 22 nitrogen and oxygen atoms in total. The molecule has 59 heavy (non-hydrogen) atoms. The minimum Gasteiger partial charge on any atom is -0.437 e. The summed E-state index contributed by atoms with van der Waals surface area (Å²) in [5.74, 6) is -2.49. The van der Waals surface area contributed by atoms with Gasteiger partial charge >= 0.3 is 39.2 Å². The van der Waals surface area contributed by atoms with Gasteiger partial charge in [-0.15, -0.1) is 0 Å². The van der Waals surface area contributed by atoms with Crippen molar-refractivity contribution in [2.45, 2.75) is 93.4 Å². The molecule has 0 spiro atoms. The number of aliphatic hydroxyl groups excluding tert-OH is 2. The van der Waals surface area contributed by atoms with E-state index in [-0.39, 0.29) is 12.2 Å². The Balaban J connectivity index is 1.58. The van der Waals surface area contributed by atoms with Crippen molar-refractivity contribution in [2.24, 2.45) is 16.2 Å². The van der Waals surface area contributed by atoms with E-state index in [1.165, 1.54) is 62.3 Å². The maximum absolute atomic E-state index is 14.1. The van der Waals surface area contributed by atoms with Crippen molar-refractivity contribution >= 4 is 44.5 Å². The zero-order chi connectivity index (χ0) is 44.1. The van der Waals surface area contributed by atoms with E-state index in [1.807, 2.05) is 0 Å². The Labute approximate surface area is 337 Å². The van der Waals surface area contributed by atoms with Crippen LogP contribution in [0, 0.1) is 16.2 Å². The normalized spacial score (nSPS) is 20.0. The highest BCUT2D eigenvalue weighted by Crippen LogP contribution is 2.66. The molecule has 4 rings (SSSR count). The highest BCUT2D eigenvalue weighted by atomic mass is 31.3. The van der Waals surface area contributed by atoms with Crippen LogP contribution in [-0.4, -0.2) is 87.7 Å². The van der Waals surface area contributed by atoms with E-state index in [2.05, 4.69) is 5.16 Å². The SMILES string of the molecule is CC(C)(C)C(=O)OCOP(=O)(OCOC(=O)C(C)(C)C)OP(=O)(OCOC(=O)C(C)(C)C)OC[C@H]1O[C@@H](n2ccc(=O)n(Cc3noc4ccccc34)c2=O)C(O)[C@H]1O. The first kappa shape index (κ1) is 47.6. The summed E-state index contributed by atoms with van der Waals surface area (Å²) in [5, 5.41) is 26.4. The van der Waals surface area contributed by atoms with Gasteiger partial charge in [-0.1, -0.05) is 17.3 Å². The molecule has 0 amide bonds. The van der Waals surface area contributed by atoms with Crippen LogP contribution in [0.4, 0.5) is 0 Å². The van der Waals surface area contributed by atoms with Gasteiger partial charge in [0.25, 0.3) is 5.56 Å². The predicted molar refractivity (Wildman–Crippen MR) is 201 cm³/mol. The van der Waals surface area contributed by atoms with Crippen molar-refractivity contribution in [3.8, 4) is 0 Å². The van der Waals surface area contributed by atoms with Crippen LogP contribution in [0.1, 0.15) is 74.2 Å². The lowest BCUT2D eigenvalue weighted by atomic mass is 9.98. The van der Waals surface area contributed by atoms with Gasteiger partial charge in [0, 0.05) is 17.6 Å². The number of hydrogen-bond acceptors (Lipinski definition) is 20. The van der Waals surface area contributed by atoms with Gasteiger partial charge in [-0.25, -0.2) is 27.5 Å². The van der Waals surface area contributed by atoms with Crippen LogP contribution in [0.2, 0.25) is 0 Å². The first-order valence-electron chi connectivity index (χ1n) is 17.9. The topological polar surface area (TPSA) is 279 Å². The van der Waals surface area contributed by atoms with Crippen LogP contribution >= 0.6 is 15.6 Å². The molecular weight excluding hydrogens is 828 g/mol. The van der Waals surface area contributed by atoms with E-state index in [0.29, 0.717) is 11.0 Å². The summed E-state index contributed by atoms with van der Waals surface area (Å²) < 4.78 is 81.3. The van der Waals surface area contributed by atoms with Crippen molar-refractivity contribution in [3.05, 3.63) is 63.1 Å². The molecule has 24 heteroatoms. The average molecular weight is 878 g/mol. The highest BCUT2D eigenvalue weighted by molar-refractivity contribution is 7.62. The molecule has 328 valence electrons. The van der Waals surface area contributed by atoms with Crippen molar-refractivity contribution in [1.29, 1.82) is 0 Å². The van der Waals surface area contributed by atoms with Crippen LogP contribution in [0.5, 0.6) is 0 Å². The quantitative estimate of drug-likeness (QED) is 0.0845. The number of phosphoric acid groups is 2. The number of aliphatic hydroxyl groups is 2. The van der Waals surface area contributed by atoms with Crippen LogP contribution in [0.15, 0.2) is 50.6 Å². The first-order chi connectivity index (χ1) is 27.2. The van der Waals surface area contributed by atoms with Crippen molar-refractivity contribution in [2.75, 3.05) is 27.0 Å².